The van der Waals surface area contributed by atoms with Crippen LogP contribution < -0.4 is 4.74 Å². The summed E-state index contributed by atoms with van der Waals surface area (Å²) in [7, 11) is 1.48. The molecule has 0 bridgehead atoms. The Hall–Kier alpha value is -2.18. The van der Waals surface area contributed by atoms with Crippen molar-refractivity contribution in [1.82, 2.24) is 4.90 Å². The first-order valence-electron chi connectivity index (χ1n) is 5.84. The van der Waals surface area contributed by atoms with Crippen LogP contribution in [0.15, 0.2) is 24.3 Å². The van der Waals surface area contributed by atoms with Crippen molar-refractivity contribution >= 4 is 11.9 Å². The lowest BCUT2D eigenvalue weighted by Crippen LogP contribution is -2.33. The zero-order valence-electron chi connectivity index (χ0n) is 11.0. The molecule has 0 spiro atoms. The second-order valence-corrected chi connectivity index (χ2v) is 4.33. The Morgan fingerprint density at radius 3 is 2.30 bits per heavy atom. The Bertz CT molecular complexity index is 476. The molecular weight excluding hydrogens is 272 g/mol. The number of halogens is 2. The molecule has 1 aromatic rings. The van der Waals surface area contributed by atoms with Gasteiger partial charge in [0.05, 0.1) is 5.92 Å². The van der Waals surface area contributed by atoms with Gasteiger partial charge < -0.3 is 14.7 Å². The van der Waals surface area contributed by atoms with Gasteiger partial charge in [0.25, 0.3) is 5.91 Å². The average Bonchev–Trinajstić information content (AvgIpc) is 2.37. The number of carboxylic acids is 1. The van der Waals surface area contributed by atoms with Crippen LogP contribution in [0, 0.1) is 5.92 Å². The van der Waals surface area contributed by atoms with Gasteiger partial charge in [-0.05, 0) is 24.3 Å². The zero-order valence-corrected chi connectivity index (χ0v) is 11.0. The van der Waals surface area contributed by atoms with E-state index in [0.717, 1.165) is 0 Å². The Morgan fingerprint density at radius 1 is 1.30 bits per heavy atom. The van der Waals surface area contributed by atoms with Crippen molar-refractivity contribution in [2.75, 3.05) is 13.6 Å². The molecule has 1 aromatic carbocycles. The van der Waals surface area contributed by atoms with Crippen LogP contribution in [0.2, 0.25) is 0 Å². The molecule has 0 saturated heterocycles. The number of ether oxygens (including phenoxy) is 1. The normalized spacial score (nSPS) is 12.1. The number of carboxylic acid groups (broad SMARTS) is 1. The summed E-state index contributed by atoms with van der Waals surface area (Å²) >= 11 is 0. The molecular formula is C13H15F2NO4. The van der Waals surface area contributed by atoms with Gasteiger partial charge in [0.15, 0.2) is 0 Å². The summed E-state index contributed by atoms with van der Waals surface area (Å²) in [6, 6.07) is 5.21. The number of benzene rings is 1. The van der Waals surface area contributed by atoms with Crippen LogP contribution in [0.3, 0.4) is 0 Å². The van der Waals surface area contributed by atoms with Gasteiger partial charge in [-0.15, -0.1) is 0 Å². The van der Waals surface area contributed by atoms with Gasteiger partial charge in [0.1, 0.15) is 5.75 Å². The predicted molar refractivity (Wildman–Crippen MR) is 66.8 cm³/mol. The maximum atomic E-state index is 12.0. The topological polar surface area (TPSA) is 66.8 Å². The standard InChI is InChI=1S/C13H15F2NO4/c1-8(12(18)19)7-16(2)11(17)9-3-5-10(6-4-9)20-13(14)15/h3-6,8,13H,7H2,1-2H3,(H,18,19). The fourth-order valence-electron chi connectivity index (χ4n) is 1.57. The highest BCUT2D eigenvalue weighted by Gasteiger charge is 2.18. The van der Waals surface area contributed by atoms with Crippen LogP contribution >= 0.6 is 0 Å². The van der Waals surface area contributed by atoms with E-state index < -0.39 is 18.5 Å². The Kier molecular flexibility index (Phi) is 5.42. The molecule has 5 nitrogen and oxygen atoms in total. The van der Waals surface area contributed by atoms with Crippen LogP contribution in [0.25, 0.3) is 0 Å². The summed E-state index contributed by atoms with van der Waals surface area (Å²) in [5, 5.41) is 8.78. The third kappa shape index (κ3) is 4.49. The number of nitrogens with zero attached hydrogens (tertiary/aromatic N) is 1. The van der Waals surface area contributed by atoms with E-state index in [4.69, 9.17) is 5.11 Å². The lowest BCUT2D eigenvalue weighted by atomic mass is 10.1. The Labute approximate surface area is 114 Å². The Balaban J connectivity index is 2.69. The van der Waals surface area contributed by atoms with E-state index in [-0.39, 0.29) is 23.8 Å². The molecule has 0 saturated carbocycles. The number of hydrogen-bond donors (Lipinski definition) is 1. The second-order valence-electron chi connectivity index (χ2n) is 4.33. The molecule has 1 N–H and O–H groups in total. The predicted octanol–water partition coefficient (Wildman–Crippen LogP) is 2.08. The smallest absolute Gasteiger partial charge is 0.387 e. The van der Waals surface area contributed by atoms with E-state index in [1.54, 1.807) is 0 Å². The molecule has 0 aliphatic heterocycles. The molecule has 1 rings (SSSR count). The van der Waals surface area contributed by atoms with Crippen molar-refractivity contribution in [3.63, 3.8) is 0 Å². The minimum atomic E-state index is -2.92. The molecule has 1 atom stereocenters. The Morgan fingerprint density at radius 2 is 1.85 bits per heavy atom. The largest absolute Gasteiger partial charge is 0.481 e. The maximum absolute atomic E-state index is 12.0. The first kappa shape index (κ1) is 15.9. The molecule has 1 unspecified atom stereocenters. The van der Waals surface area contributed by atoms with Gasteiger partial charge >= 0.3 is 12.6 Å². The highest BCUT2D eigenvalue weighted by molar-refractivity contribution is 5.94. The second kappa shape index (κ2) is 6.83. The number of carbonyl (C=O) groups excluding carboxylic acids is 1. The van der Waals surface area contributed by atoms with Crippen LogP contribution in [0.1, 0.15) is 17.3 Å². The molecule has 0 heterocycles. The molecule has 0 fully saturated rings. The molecule has 0 aliphatic carbocycles. The maximum Gasteiger partial charge on any atom is 0.387 e. The van der Waals surface area contributed by atoms with Gasteiger partial charge in [0, 0.05) is 19.2 Å². The number of rotatable bonds is 6. The van der Waals surface area contributed by atoms with Gasteiger partial charge in [-0.3, -0.25) is 9.59 Å². The van der Waals surface area contributed by atoms with Crippen molar-refractivity contribution in [2.45, 2.75) is 13.5 Å². The highest BCUT2D eigenvalue weighted by atomic mass is 19.3. The van der Waals surface area contributed by atoms with Gasteiger partial charge in [-0.25, -0.2) is 0 Å². The minimum Gasteiger partial charge on any atom is -0.481 e. The monoisotopic (exact) mass is 287 g/mol. The molecule has 0 aliphatic rings. The van der Waals surface area contributed by atoms with Gasteiger partial charge in [-0.1, -0.05) is 6.92 Å². The number of hydrogen-bond acceptors (Lipinski definition) is 3. The summed E-state index contributed by atoms with van der Waals surface area (Å²) < 4.78 is 28.1. The summed E-state index contributed by atoms with van der Waals surface area (Å²) in [6.45, 7) is -1.37. The van der Waals surface area contributed by atoms with Crippen molar-refractivity contribution in [2.24, 2.45) is 5.92 Å². The molecule has 110 valence electrons. The van der Waals surface area contributed by atoms with E-state index in [9.17, 15) is 18.4 Å². The van der Waals surface area contributed by atoms with Crippen molar-refractivity contribution < 1.29 is 28.2 Å². The summed E-state index contributed by atoms with van der Waals surface area (Å²) in [4.78, 5) is 24.0. The van der Waals surface area contributed by atoms with Crippen LogP contribution in [0.5, 0.6) is 5.75 Å². The quantitative estimate of drug-likeness (QED) is 0.870. The summed E-state index contributed by atoms with van der Waals surface area (Å²) in [5.41, 5.74) is 0.270. The fraction of sp³-hybridized carbons (Fsp3) is 0.385. The fourth-order valence-corrected chi connectivity index (χ4v) is 1.57. The molecule has 7 heteroatoms. The SMILES string of the molecule is CC(CN(C)C(=O)c1ccc(OC(F)F)cc1)C(=O)O. The molecule has 0 radical (unpaired) electrons. The van der Waals surface area contributed by atoms with Gasteiger partial charge in [0.2, 0.25) is 0 Å². The van der Waals surface area contributed by atoms with Gasteiger partial charge in [-0.2, -0.15) is 8.78 Å². The van der Waals surface area contributed by atoms with E-state index in [0.29, 0.717) is 0 Å². The average molecular weight is 287 g/mol. The number of amides is 1. The van der Waals surface area contributed by atoms with Crippen LogP contribution in [-0.4, -0.2) is 42.1 Å². The molecule has 1 amide bonds. The zero-order chi connectivity index (χ0) is 15.3. The van der Waals surface area contributed by atoms with E-state index in [2.05, 4.69) is 4.74 Å². The first-order valence-corrected chi connectivity index (χ1v) is 5.84. The number of carbonyl (C=O) groups is 2. The first-order chi connectivity index (χ1) is 9.31. The van der Waals surface area contributed by atoms with Crippen molar-refractivity contribution in [3.05, 3.63) is 29.8 Å². The number of alkyl halides is 2. The third-order valence-corrected chi connectivity index (χ3v) is 2.64. The van der Waals surface area contributed by atoms with Crippen molar-refractivity contribution in [3.8, 4) is 5.75 Å². The lowest BCUT2D eigenvalue weighted by Gasteiger charge is -2.19. The summed E-state index contributed by atoms with van der Waals surface area (Å²) in [6.07, 6.45) is 0. The minimum absolute atomic E-state index is 0.0434. The number of aliphatic carboxylic acids is 1. The highest BCUT2D eigenvalue weighted by Crippen LogP contribution is 2.16. The van der Waals surface area contributed by atoms with E-state index in [1.807, 2.05) is 0 Å². The lowest BCUT2D eigenvalue weighted by molar-refractivity contribution is -0.141. The molecule has 20 heavy (non-hydrogen) atoms. The van der Waals surface area contributed by atoms with Crippen LogP contribution in [0.4, 0.5) is 8.78 Å². The van der Waals surface area contributed by atoms with Crippen LogP contribution in [-0.2, 0) is 4.79 Å². The van der Waals surface area contributed by atoms with E-state index in [1.165, 1.54) is 43.1 Å². The summed E-state index contributed by atoms with van der Waals surface area (Å²) in [5.74, 6) is -2.12. The molecule has 0 aromatic heterocycles. The van der Waals surface area contributed by atoms with Crippen molar-refractivity contribution in [1.29, 1.82) is 0 Å². The van der Waals surface area contributed by atoms with E-state index >= 15 is 0 Å². The third-order valence-electron chi connectivity index (χ3n) is 2.64.